The third-order valence-corrected chi connectivity index (χ3v) is 2.97. The number of carbonyl (C=O) groups is 2. The smallest absolute Gasteiger partial charge is 0.261 e. The molecule has 2 N–H and O–H groups in total. The molecule has 0 atom stereocenters. The molecule has 116 valence electrons. The highest BCUT2D eigenvalue weighted by atomic mass is 16.5. The zero-order valence-electron chi connectivity index (χ0n) is 12.5. The van der Waals surface area contributed by atoms with Gasteiger partial charge in [0.05, 0.1) is 13.2 Å². The normalized spacial score (nSPS) is 10.2. The molecule has 1 aromatic carbocycles. The molecule has 6 heteroatoms. The number of carbonyl (C=O) groups excluding carboxylic acids is 2. The quantitative estimate of drug-likeness (QED) is 0.722. The molecule has 1 rings (SSSR count). The highest BCUT2D eigenvalue weighted by molar-refractivity contribution is 5.84. The number of hydrogen-bond acceptors (Lipinski definition) is 4. The Morgan fingerprint density at radius 1 is 1.29 bits per heavy atom. The Balaban J connectivity index is 2.61. The molecular formula is C15H22N2O4. The number of primary amides is 1. The van der Waals surface area contributed by atoms with Gasteiger partial charge in [0.25, 0.3) is 5.91 Å². The molecule has 0 aliphatic rings. The van der Waals surface area contributed by atoms with E-state index < -0.39 is 5.91 Å². The summed E-state index contributed by atoms with van der Waals surface area (Å²) in [6.45, 7) is 2.39. The highest BCUT2D eigenvalue weighted by Gasteiger charge is 2.16. The number of para-hydroxylation sites is 1. The maximum absolute atomic E-state index is 12.1. The topological polar surface area (TPSA) is 81.9 Å². The molecule has 0 aliphatic carbocycles. The van der Waals surface area contributed by atoms with E-state index >= 15 is 0 Å². The number of rotatable bonds is 9. The second-order valence-electron chi connectivity index (χ2n) is 4.52. The lowest BCUT2D eigenvalue weighted by atomic mass is 10.1. The molecule has 6 nitrogen and oxygen atoms in total. The van der Waals surface area contributed by atoms with Gasteiger partial charge in [0.15, 0.2) is 6.61 Å². The van der Waals surface area contributed by atoms with E-state index in [4.69, 9.17) is 15.2 Å². The first-order valence-electron chi connectivity index (χ1n) is 6.84. The summed E-state index contributed by atoms with van der Waals surface area (Å²) in [6, 6.07) is 7.54. The van der Waals surface area contributed by atoms with Crippen LogP contribution < -0.4 is 10.5 Å². The third kappa shape index (κ3) is 5.83. The molecule has 0 bridgehead atoms. The number of methoxy groups -OCH3 is 1. The van der Waals surface area contributed by atoms with Crippen molar-refractivity contribution < 1.29 is 19.1 Å². The molecule has 0 fully saturated rings. The SMILES string of the molecule is CCc1ccccc1OCC(=O)N(CCOC)CC(N)=O. The predicted molar refractivity (Wildman–Crippen MR) is 79.0 cm³/mol. The zero-order valence-corrected chi connectivity index (χ0v) is 12.5. The van der Waals surface area contributed by atoms with Gasteiger partial charge in [0, 0.05) is 13.7 Å². The van der Waals surface area contributed by atoms with Crippen LogP contribution in [0, 0.1) is 0 Å². The summed E-state index contributed by atoms with van der Waals surface area (Å²) >= 11 is 0. The summed E-state index contributed by atoms with van der Waals surface area (Å²) in [7, 11) is 1.53. The summed E-state index contributed by atoms with van der Waals surface area (Å²) in [5.74, 6) is -0.177. The Hall–Kier alpha value is -2.08. The van der Waals surface area contributed by atoms with Gasteiger partial charge in [-0.3, -0.25) is 9.59 Å². The van der Waals surface area contributed by atoms with Crippen molar-refractivity contribution in [1.29, 1.82) is 0 Å². The average molecular weight is 294 g/mol. The minimum absolute atomic E-state index is 0.131. The van der Waals surface area contributed by atoms with Gasteiger partial charge in [-0.05, 0) is 18.1 Å². The van der Waals surface area contributed by atoms with Gasteiger partial charge in [-0.2, -0.15) is 0 Å². The van der Waals surface area contributed by atoms with Crippen LogP contribution in [0.3, 0.4) is 0 Å². The van der Waals surface area contributed by atoms with Crippen LogP contribution in [0.5, 0.6) is 5.75 Å². The van der Waals surface area contributed by atoms with Crippen molar-refractivity contribution in [2.24, 2.45) is 5.73 Å². The standard InChI is InChI=1S/C15H22N2O4/c1-3-12-6-4-5-7-13(12)21-11-15(19)17(8-9-20-2)10-14(16)18/h4-7H,3,8-11H2,1-2H3,(H2,16,18). The van der Waals surface area contributed by atoms with E-state index in [2.05, 4.69) is 0 Å². The number of amides is 2. The molecule has 0 aromatic heterocycles. The van der Waals surface area contributed by atoms with Crippen LogP contribution in [0.2, 0.25) is 0 Å². The molecular weight excluding hydrogens is 272 g/mol. The van der Waals surface area contributed by atoms with Crippen LogP contribution in [-0.4, -0.2) is 50.1 Å². The fourth-order valence-corrected chi connectivity index (χ4v) is 1.85. The number of ether oxygens (including phenoxy) is 2. The highest BCUT2D eigenvalue weighted by Crippen LogP contribution is 2.18. The monoisotopic (exact) mass is 294 g/mol. The van der Waals surface area contributed by atoms with E-state index in [1.165, 1.54) is 12.0 Å². The average Bonchev–Trinajstić information content (AvgIpc) is 2.48. The van der Waals surface area contributed by atoms with E-state index in [1.807, 2.05) is 31.2 Å². The Labute approximate surface area is 124 Å². The molecule has 0 saturated heterocycles. The van der Waals surface area contributed by atoms with Crippen molar-refractivity contribution in [2.75, 3.05) is 33.4 Å². The maximum atomic E-state index is 12.1. The van der Waals surface area contributed by atoms with Crippen LogP contribution in [0.15, 0.2) is 24.3 Å². The number of aryl methyl sites for hydroxylation is 1. The second kappa shape index (κ2) is 8.97. The molecule has 21 heavy (non-hydrogen) atoms. The van der Waals surface area contributed by atoms with Crippen molar-refractivity contribution >= 4 is 11.8 Å². The predicted octanol–water partition coefficient (Wildman–Crippen LogP) is 0.588. The van der Waals surface area contributed by atoms with Gasteiger partial charge in [-0.25, -0.2) is 0 Å². The van der Waals surface area contributed by atoms with Crippen LogP contribution >= 0.6 is 0 Å². The van der Waals surface area contributed by atoms with Gasteiger partial charge in [-0.1, -0.05) is 25.1 Å². The van der Waals surface area contributed by atoms with E-state index in [1.54, 1.807) is 0 Å². The van der Waals surface area contributed by atoms with Crippen molar-refractivity contribution in [3.63, 3.8) is 0 Å². The molecule has 0 heterocycles. The Kier molecular flexibility index (Phi) is 7.25. The Morgan fingerprint density at radius 2 is 2.00 bits per heavy atom. The van der Waals surface area contributed by atoms with E-state index in [-0.39, 0.29) is 19.1 Å². The Morgan fingerprint density at radius 3 is 2.62 bits per heavy atom. The molecule has 0 radical (unpaired) electrons. The zero-order chi connectivity index (χ0) is 15.7. The lowest BCUT2D eigenvalue weighted by molar-refractivity contribution is -0.137. The van der Waals surface area contributed by atoms with Crippen molar-refractivity contribution in [3.05, 3.63) is 29.8 Å². The van der Waals surface area contributed by atoms with Crippen molar-refractivity contribution in [2.45, 2.75) is 13.3 Å². The summed E-state index contributed by atoms with van der Waals surface area (Å²) < 4.78 is 10.5. The summed E-state index contributed by atoms with van der Waals surface area (Å²) in [5, 5.41) is 0. The first-order valence-corrected chi connectivity index (χ1v) is 6.84. The third-order valence-electron chi connectivity index (χ3n) is 2.97. The first kappa shape index (κ1) is 17.0. The first-order chi connectivity index (χ1) is 10.1. The fraction of sp³-hybridized carbons (Fsp3) is 0.467. The molecule has 1 aromatic rings. The van der Waals surface area contributed by atoms with E-state index in [9.17, 15) is 9.59 Å². The van der Waals surface area contributed by atoms with Crippen molar-refractivity contribution in [1.82, 2.24) is 4.90 Å². The number of nitrogens with two attached hydrogens (primary N) is 1. The maximum Gasteiger partial charge on any atom is 0.261 e. The fourth-order valence-electron chi connectivity index (χ4n) is 1.85. The summed E-state index contributed by atoms with van der Waals surface area (Å²) in [5.41, 5.74) is 6.17. The largest absolute Gasteiger partial charge is 0.483 e. The molecule has 0 spiro atoms. The molecule has 0 unspecified atom stereocenters. The van der Waals surface area contributed by atoms with Crippen LogP contribution in [0.25, 0.3) is 0 Å². The second-order valence-corrected chi connectivity index (χ2v) is 4.52. The number of benzene rings is 1. The summed E-state index contributed by atoms with van der Waals surface area (Å²) in [4.78, 5) is 24.4. The molecule has 2 amide bonds. The minimum Gasteiger partial charge on any atom is -0.483 e. The van der Waals surface area contributed by atoms with Crippen molar-refractivity contribution in [3.8, 4) is 5.75 Å². The van der Waals surface area contributed by atoms with Gasteiger partial charge >= 0.3 is 0 Å². The van der Waals surface area contributed by atoms with Gasteiger partial charge in [0.2, 0.25) is 5.91 Å². The van der Waals surface area contributed by atoms with Crippen LogP contribution in [0.4, 0.5) is 0 Å². The number of nitrogens with zero attached hydrogens (tertiary/aromatic N) is 1. The lowest BCUT2D eigenvalue weighted by Crippen LogP contribution is -2.42. The van der Waals surface area contributed by atoms with Gasteiger partial charge < -0.3 is 20.1 Å². The Bertz CT molecular complexity index is 476. The lowest BCUT2D eigenvalue weighted by Gasteiger charge is -2.21. The van der Waals surface area contributed by atoms with Gasteiger partial charge in [0.1, 0.15) is 5.75 Å². The van der Waals surface area contributed by atoms with Crippen LogP contribution in [0.1, 0.15) is 12.5 Å². The van der Waals surface area contributed by atoms with Gasteiger partial charge in [-0.15, -0.1) is 0 Å². The van der Waals surface area contributed by atoms with Crippen LogP contribution in [-0.2, 0) is 20.7 Å². The molecule has 0 saturated carbocycles. The summed E-state index contributed by atoms with van der Waals surface area (Å²) in [6.07, 6.45) is 0.818. The van der Waals surface area contributed by atoms with E-state index in [0.717, 1.165) is 12.0 Å². The molecule has 0 aliphatic heterocycles. The van der Waals surface area contributed by atoms with E-state index in [0.29, 0.717) is 18.9 Å². The minimum atomic E-state index is -0.562. The number of hydrogen-bond donors (Lipinski definition) is 1.